The zero-order chi connectivity index (χ0) is 14.4. The van der Waals surface area contributed by atoms with Crippen LogP contribution in [0.25, 0.3) is 0 Å². The summed E-state index contributed by atoms with van der Waals surface area (Å²) < 4.78 is 0. The molecule has 0 bridgehead atoms. The Kier molecular flexibility index (Phi) is 4.44. The predicted molar refractivity (Wildman–Crippen MR) is 73.1 cm³/mol. The Morgan fingerprint density at radius 3 is 2.50 bits per heavy atom. The van der Waals surface area contributed by atoms with E-state index < -0.39 is 12.0 Å². The van der Waals surface area contributed by atoms with Gasteiger partial charge in [0.15, 0.2) is 0 Å². The molecule has 1 heterocycles. The van der Waals surface area contributed by atoms with Crippen LogP contribution >= 0.6 is 0 Å². The van der Waals surface area contributed by atoms with Gasteiger partial charge in [-0.05, 0) is 17.7 Å². The van der Waals surface area contributed by atoms with Crippen molar-refractivity contribution in [2.45, 2.75) is 12.5 Å². The molecule has 0 fully saturated rings. The minimum atomic E-state index is -0.967. The van der Waals surface area contributed by atoms with E-state index >= 15 is 0 Å². The van der Waals surface area contributed by atoms with E-state index in [4.69, 9.17) is 5.11 Å². The number of carbonyl (C=O) groups is 2. The highest BCUT2D eigenvalue weighted by Crippen LogP contribution is 2.17. The lowest BCUT2D eigenvalue weighted by atomic mass is 10.0. The van der Waals surface area contributed by atoms with Gasteiger partial charge in [0.1, 0.15) is 0 Å². The molecular weight excluding hydrogens is 256 g/mol. The smallest absolute Gasteiger partial charge is 0.305 e. The number of nitrogens with zero attached hydrogens (tertiary/aromatic N) is 1. The molecular formula is C15H14N2O3. The number of rotatable bonds is 5. The number of benzene rings is 1. The van der Waals surface area contributed by atoms with Crippen molar-refractivity contribution in [3.8, 4) is 0 Å². The Morgan fingerprint density at radius 1 is 1.15 bits per heavy atom. The Bertz CT molecular complexity index is 585. The van der Waals surface area contributed by atoms with Crippen molar-refractivity contribution in [2.75, 3.05) is 0 Å². The minimum absolute atomic E-state index is 0.171. The molecule has 5 heteroatoms. The summed E-state index contributed by atoms with van der Waals surface area (Å²) in [5.41, 5.74) is 1.16. The Hall–Kier alpha value is -2.69. The van der Waals surface area contributed by atoms with Crippen molar-refractivity contribution in [1.82, 2.24) is 10.3 Å². The number of carbonyl (C=O) groups excluding carboxylic acids is 1. The van der Waals surface area contributed by atoms with E-state index in [2.05, 4.69) is 10.3 Å². The molecule has 2 rings (SSSR count). The number of amides is 1. The maximum absolute atomic E-state index is 12.1. The molecule has 0 aliphatic carbocycles. The lowest BCUT2D eigenvalue weighted by molar-refractivity contribution is -0.137. The van der Waals surface area contributed by atoms with Crippen LogP contribution in [0.2, 0.25) is 0 Å². The van der Waals surface area contributed by atoms with Crippen LogP contribution in [0.15, 0.2) is 54.9 Å². The summed E-state index contributed by atoms with van der Waals surface area (Å²) in [5.74, 6) is -1.31. The van der Waals surface area contributed by atoms with Gasteiger partial charge < -0.3 is 10.4 Å². The van der Waals surface area contributed by atoms with Crippen molar-refractivity contribution in [1.29, 1.82) is 0 Å². The average Bonchev–Trinajstić information content (AvgIpc) is 2.48. The average molecular weight is 270 g/mol. The summed E-state index contributed by atoms with van der Waals surface area (Å²) in [6, 6.07) is 11.7. The summed E-state index contributed by atoms with van der Waals surface area (Å²) in [6.45, 7) is 0. The molecule has 0 saturated carbocycles. The SMILES string of the molecule is O=C(O)C[C@H](NC(=O)c1cccnc1)c1ccccc1. The van der Waals surface area contributed by atoms with Crippen LogP contribution < -0.4 is 5.32 Å². The van der Waals surface area contributed by atoms with Gasteiger partial charge in [-0.15, -0.1) is 0 Å². The topological polar surface area (TPSA) is 79.3 Å². The highest BCUT2D eigenvalue weighted by atomic mass is 16.4. The molecule has 0 unspecified atom stereocenters. The van der Waals surface area contributed by atoms with Crippen LogP contribution in [0.3, 0.4) is 0 Å². The Labute approximate surface area is 116 Å². The zero-order valence-corrected chi connectivity index (χ0v) is 10.7. The van der Waals surface area contributed by atoms with Gasteiger partial charge in [0, 0.05) is 12.4 Å². The molecule has 0 radical (unpaired) electrons. The molecule has 0 aliphatic rings. The van der Waals surface area contributed by atoms with Crippen LogP contribution in [0.5, 0.6) is 0 Å². The number of aromatic nitrogens is 1. The summed E-state index contributed by atoms with van der Waals surface area (Å²) >= 11 is 0. The van der Waals surface area contributed by atoms with Gasteiger partial charge in [0.2, 0.25) is 0 Å². The molecule has 5 nitrogen and oxygen atoms in total. The van der Waals surface area contributed by atoms with Gasteiger partial charge >= 0.3 is 5.97 Å². The monoisotopic (exact) mass is 270 g/mol. The van der Waals surface area contributed by atoms with Gasteiger partial charge in [0.25, 0.3) is 5.91 Å². The second-order valence-electron chi connectivity index (χ2n) is 4.28. The van der Waals surface area contributed by atoms with Crippen LogP contribution in [0.4, 0.5) is 0 Å². The van der Waals surface area contributed by atoms with Gasteiger partial charge in [-0.25, -0.2) is 0 Å². The van der Waals surface area contributed by atoms with E-state index in [0.717, 1.165) is 5.56 Å². The molecule has 0 saturated heterocycles. The molecule has 2 N–H and O–H groups in total. The first kappa shape index (κ1) is 13.7. The third-order valence-electron chi connectivity index (χ3n) is 2.81. The van der Waals surface area contributed by atoms with Gasteiger partial charge in [-0.3, -0.25) is 14.6 Å². The summed E-state index contributed by atoms with van der Waals surface area (Å²) in [5, 5.41) is 11.7. The lowest BCUT2D eigenvalue weighted by Crippen LogP contribution is -2.30. The molecule has 1 atom stereocenters. The summed E-state index contributed by atoms with van der Waals surface area (Å²) in [4.78, 5) is 26.9. The van der Waals surface area contributed by atoms with Crippen LogP contribution in [-0.4, -0.2) is 22.0 Å². The normalized spacial score (nSPS) is 11.6. The number of carboxylic acids is 1. The summed E-state index contributed by atoms with van der Waals surface area (Å²) in [6.07, 6.45) is 2.84. The number of hydrogen-bond acceptors (Lipinski definition) is 3. The van der Waals surface area contributed by atoms with Crippen LogP contribution in [0.1, 0.15) is 28.4 Å². The van der Waals surface area contributed by atoms with Crippen LogP contribution in [-0.2, 0) is 4.79 Å². The fraction of sp³-hybridized carbons (Fsp3) is 0.133. The van der Waals surface area contributed by atoms with Crippen molar-refractivity contribution in [3.63, 3.8) is 0 Å². The maximum atomic E-state index is 12.1. The molecule has 102 valence electrons. The first-order valence-electron chi connectivity index (χ1n) is 6.14. The minimum Gasteiger partial charge on any atom is -0.481 e. The highest BCUT2D eigenvalue weighted by Gasteiger charge is 2.18. The van der Waals surface area contributed by atoms with Crippen molar-refractivity contribution in [2.24, 2.45) is 0 Å². The number of carboxylic acid groups (broad SMARTS) is 1. The van der Waals surface area contributed by atoms with Gasteiger partial charge in [0.05, 0.1) is 18.0 Å². The predicted octanol–water partition coefficient (Wildman–Crippen LogP) is 2.03. The number of nitrogens with one attached hydrogen (secondary N) is 1. The molecule has 20 heavy (non-hydrogen) atoms. The first-order chi connectivity index (χ1) is 9.66. The van der Waals surface area contributed by atoms with Crippen molar-refractivity contribution < 1.29 is 14.7 Å². The summed E-state index contributed by atoms with van der Waals surface area (Å²) in [7, 11) is 0. The second kappa shape index (κ2) is 6.47. The van der Waals surface area contributed by atoms with E-state index in [1.807, 2.05) is 6.07 Å². The fourth-order valence-corrected chi connectivity index (χ4v) is 1.85. The van der Waals surface area contributed by atoms with Crippen molar-refractivity contribution >= 4 is 11.9 Å². The zero-order valence-electron chi connectivity index (χ0n) is 10.7. The third-order valence-corrected chi connectivity index (χ3v) is 2.81. The molecule has 1 aromatic carbocycles. The van der Waals surface area contributed by atoms with Gasteiger partial charge in [-0.2, -0.15) is 0 Å². The quantitative estimate of drug-likeness (QED) is 0.871. The third kappa shape index (κ3) is 3.65. The molecule has 0 spiro atoms. The van der Waals surface area contributed by atoms with Crippen LogP contribution in [0, 0.1) is 0 Å². The Morgan fingerprint density at radius 2 is 1.90 bits per heavy atom. The molecule has 1 amide bonds. The van der Waals surface area contributed by atoms with Gasteiger partial charge in [-0.1, -0.05) is 30.3 Å². The van der Waals surface area contributed by atoms with Crippen molar-refractivity contribution in [3.05, 3.63) is 66.0 Å². The largest absolute Gasteiger partial charge is 0.481 e. The van der Waals surface area contributed by atoms with E-state index in [1.165, 1.54) is 6.20 Å². The van der Waals surface area contributed by atoms with E-state index in [-0.39, 0.29) is 12.3 Å². The number of hydrogen-bond donors (Lipinski definition) is 2. The maximum Gasteiger partial charge on any atom is 0.305 e. The highest BCUT2D eigenvalue weighted by molar-refractivity contribution is 5.94. The molecule has 0 aliphatic heterocycles. The second-order valence-corrected chi connectivity index (χ2v) is 4.28. The number of aliphatic carboxylic acids is 1. The standard InChI is InChI=1S/C15H14N2O3/c18-14(19)9-13(11-5-2-1-3-6-11)17-15(20)12-7-4-8-16-10-12/h1-8,10,13H,9H2,(H,17,20)(H,18,19)/t13-/m0/s1. The fourth-order valence-electron chi connectivity index (χ4n) is 1.85. The van der Waals surface area contributed by atoms with E-state index in [1.54, 1.807) is 42.6 Å². The van der Waals surface area contributed by atoms with E-state index in [0.29, 0.717) is 5.56 Å². The molecule has 1 aromatic heterocycles. The van der Waals surface area contributed by atoms with E-state index in [9.17, 15) is 9.59 Å². The lowest BCUT2D eigenvalue weighted by Gasteiger charge is -2.17. The Balaban J connectivity index is 2.16. The number of pyridine rings is 1. The first-order valence-corrected chi connectivity index (χ1v) is 6.14. The molecule has 2 aromatic rings.